The van der Waals surface area contributed by atoms with Crippen LogP contribution in [0.15, 0.2) is 59.8 Å². The summed E-state index contributed by atoms with van der Waals surface area (Å²) in [4.78, 5) is 17.6. The molecule has 0 saturated carbocycles. The number of aryl methyl sites for hydroxylation is 2. The molecule has 0 aliphatic rings. The van der Waals surface area contributed by atoms with E-state index < -0.39 is 5.97 Å². The van der Waals surface area contributed by atoms with Gasteiger partial charge in [0.05, 0.1) is 12.7 Å². The fourth-order valence-corrected chi connectivity index (χ4v) is 3.16. The summed E-state index contributed by atoms with van der Waals surface area (Å²) in [5.74, 6) is 0.792. The van der Waals surface area contributed by atoms with Gasteiger partial charge in [-0.1, -0.05) is 29.4 Å². The highest BCUT2D eigenvalue weighted by Crippen LogP contribution is 2.25. The molecule has 7 nitrogen and oxygen atoms in total. The number of nitrogens with two attached hydrogens (primary N) is 2. The number of carbonyl (C=O) groups is 1. The number of rotatable bonds is 7. The van der Waals surface area contributed by atoms with Crippen molar-refractivity contribution in [2.75, 3.05) is 12.8 Å². The summed E-state index contributed by atoms with van der Waals surface area (Å²) in [7, 11) is 1.56. The van der Waals surface area contributed by atoms with E-state index in [0.29, 0.717) is 28.1 Å². The Labute approximate surface area is 187 Å². The fourth-order valence-electron chi connectivity index (χ4n) is 3.16. The molecule has 3 aromatic rings. The van der Waals surface area contributed by atoms with Crippen LogP contribution in [0.2, 0.25) is 0 Å². The molecule has 166 valence electrons. The Morgan fingerprint density at radius 2 is 1.78 bits per heavy atom. The Morgan fingerprint density at radius 3 is 2.53 bits per heavy atom. The summed E-state index contributed by atoms with van der Waals surface area (Å²) in [6.07, 6.45) is 0. The van der Waals surface area contributed by atoms with Crippen LogP contribution < -0.4 is 20.9 Å². The fraction of sp³-hybridized carbons (Fsp3) is 0.200. The zero-order chi connectivity index (χ0) is 23.3. The second-order valence-electron chi connectivity index (χ2n) is 7.46. The third-order valence-corrected chi connectivity index (χ3v) is 5.12. The molecule has 0 unspecified atom stereocenters. The number of anilines is 1. The smallest absolute Gasteiger partial charge is 0.365 e. The van der Waals surface area contributed by atoms with Crippen LogP contribution in [0, 0.1) is 20.8 Å². The molecule has 0 aromatic heterocycles. The molecule has 0 spiro atoms. The average Bonchev–Trinajstić information content (AvgIpc) is 2.79. The van der Waals surface area contributed by atoms with E-state index in [-0.39, 0.29) is 12.4 Å². The van der Waals surface area contributed by atoms with Gasteiger partial charge in [0.1, 0.15) is 18.1 Å². The van der Waals surface area contributed by atoms with Crippen LogP contribution in [-0.4, -0.2) is 18.9 Å². The molecule has 0 amide bonds. The minimum Gasteiger partial charge on any atom is -0.496 e. The molecule has 3 rings (SSSR count). The molecular formula is C25H27N3O4. The summed E-state index contributed by atoms with van der Waals surface area (Å²) < 4.78 is 11.4. The molecule has 32 heavy (non-hydrogen) atoms. The third-order valence-electron chi connectivity index (χ3n) is 5.12. The molecule has 0 heterocycles. The van der Waals surface area contributed by atoms with Gasteiger partial charge in [-0.2, -0.15) is 0 Å². The van der Waals surface area contributed by atoms with Gasteiger partial charge >= 0.3 is 5.97 Å². The Bertz CT molecular complexity index is 1170. The first kappa shape index (κ1) is 22.7. The van der Waals surface area contributed by atoms with E-state index in [4.69, 9.17) is 25.8 Å². The molecule has 0 saturated heterocycles. The Kier molecular flexibility index (Phi) is 7.00. The maximum atomic E-state index is 12.6. The molecule has 3 aromatic carbocycles. The van der Waals surface area contributed by atoms with E-state index in [1.807, 2.05) is 39.0 Å². The van der Waals surface area contributed by atoms with Crippen LogP contribution in [-0.2, 0) is 11.4 Å². The summed E-state index contributed by atoms with van der Waals surface area (Å²) in [6, 6.07) is 16.2. The second-order valence-corrected chi connectivity index (χ2v) is 7.46. The van der Waals surface area contributed by atoms with Gasteiger partial charge in [0.15, 0.2) is 5.84 Å². The van der Waals surface area contributed by atoms with Crippen molar-refractivity contribution in [1.82, 2.24) is 0 Å². The lowest BCUT2D eigenvalue weighted by Gasteiger charge is -2.13. The molecule has 4 N–H and O–H groups in total. The van der Waals surface area contributed by atoms with Crippen LogP contribution in [0.5, 0.6) is 11.5 Å². The summed E-state index contributed by atoms with van der Waals surface area (Å²) in [5, 5.41) is 3.79. The predicted octanol–water partition coefficient (Wildman–Crippen LogP) is 4.26. The normalized spacial score (nSPS) is 11.2. The van der Waals surface area contributed by atoms with Gasteiger partial charge in [0.2, 0.25) is 0 Å². The van der Waals surface area contributed by atoms with Gasteiger partial charge in [-0.05, 0) is 67.8 Å². The molecule has 0 atom stereocenters. The van der Waals surface area contributed by atoms with Gasteiger partial charge in [-0.15, -0.1) is 0 Å². The van der Waals surface area contributed by atoms with Gasteiger partial charge in [-0.25, -0.2) is 4.79 Å². The number of benzene rings is 3. The van der Waals surface area contributed by atoms with Gasteiger partial charge < -0.3 is 25.8 Å². The summed E-state index contributed by atoms with van der Waals surface area (Å²) in [5.41, 5.74) is 16.9. The van der Waals surface area contributed by atoms with E-state index in [2.05, 4.69) is 5.16 Å². The van der Waals surface area contributed by atoms with E-state index >= 15 is 0 Å². The number of nitrogen functional groups attached to an aromatic ring is 1. The predicted molar refractivity (Wildman–Crippen MR) is 125 cm³/mol. The van der Waals surface area contributed by atoms with Crippen LogP contribution in [0.4, 0.5) is 5.69 Å². The number of amidine groups is 1. The standard InChI is InChI=1S/C25H27N3O4/c1-15-8-9-16(2)23(12-15)31-14-19-13-18(10-11-22(19)30-4)25(29)32-28-24(27)20-6-5-7-21(26)17(20)3/h5-13H,14,26H2,1-4H3,(H2,27,28). The summed E-state index contributed by atoms with van der Waals surface area (Å²) in [6.45, 7) is 6.02. The highest BCUT2D eigenvalue weighted by molar-refractivity contribution is 6.00. The first-order valence-corrected chi connectivity index (χ1v) is 10.1. The van der Waals surface area contributed by atoms with Gasteiger partial charge in [0.25, 0.3) is 0 Å². The highest BCUT2D eigenvalue weighted by atomic mass is 16.7. The average molecular weight is 434 g/mol. The van der Waals surface area contributed by atoms with E-state index in [1.54, 1.807) is 43.5 Å². The van der Waals surface area contributed by atoms with E-state index in [1.165, 1.54) is 0 Å². The van der Waals surface area contributed by atoms with Crippen molar-refractivity contribution in [3.05, 3.63) is 88.0 Å². The number of hydrogen-bond acceptors (Lipinski definition) is 6. The number of methoxy groups -OCH3 is 1. The Hall–Kier alpha value is -4.00. The molecule has 0 aliphatic carbocycles. The molecule has 7 heteroatoms. The number of oxime groups is 1. The maximum Gasteiger partial charge on any atom is 0.365 e. The van der Waals surface area contributed by atoms with Crippen molar-refractivity contribution >= 4 is 17.5 Å². The molecule has 0 fully saturated rings. The first-order valence-electron chi connectivity index (χ1n) is 10.1. The number of hydrogen-bond donors (Lipinski definition) is 2. The lowest BCUT2D eigenvalue weighted by atomic mass is 10.1. The zero-order valence-corrected chi connectivity index (χ0v) is 18.6. The van der Waals surface area contributed by atoms with Crippen molar-refractivity contribution in [3.8, 4) is 11.5 Å². The van der Waals surface area contributed by atoms with Crippen LogP contribution in [0.1, 0.15) is 38.2 Å². The molecule has 0 aliphatic heterocycles. The number of carbonyl (C=O) groups excluding carboxylic acids is 1. The van der Waals surface area contributed by atoms with E-state index in [9.17, 15) is 4.79 Å². The second kappa shape index (κ2) is 9.87. The maximum absolute atomic E-state index is 12.6. The number of nitrogens with zero attached hydrogens (tertiary/aromatic N) is 1. The first-order chi connectivity index (χ1) is 15.3. The highest BCUT2D eigenvalue weighted by Gasteiger charge is 2.14. The molecule has 0 radical (unpaired) electrons. The lowest BCUT2D eigenvalue weighted by Crippen LogP contribution is -2.17. The Balaban J connectivity index is 1.77. The number of ether oxygens (including phenoxy) is 2. The minimum atomic E-state index is -0.648. The van der Waals surface area contributed by atoms with Crippen molar-refractivity contribution < 1.29 is 19.1 Å². The lowest BCUT2D eigenvalue weighted by molar-refractivity contribution is 0.0515. The SMILES string of the molecule is COc1ccc(C(=O)O/N=C(\N)c2cccc(N)c2C)cc1COc1cc(C)ccc1C. The van der Waals surface area contributed by atoms with Crippen molar-refractivity contribution in [2.45, 2.75) is 27.4 Å². The van der Waals surface area contributed by atoms with Crippen molar-refractivity contribution in [2.24, 2.45) is 10.9 Å². The van der Waals surface area contributed by atoms with Gasteiger partial charge in [-0.3, -0.25) is 0 Å². The third kappa shape index (κ3) is 5.18. The monoisotopic (exact) mass is 433 g/mol. The molecular weight excluding hydrogens is 406 g/mol. The minimum absolute atomic E-state index is 0.0649. The molecule has 0 bridgehead atoms. The van der Waals surface area contributed by atoms with Crippen LogP contribution in [0.25, 0.3) is 0 Å². The summed E-state index contributed by atoms with van der Waals surface area (Å²) >= 11 is 0. The van der Waals surface area contributed by atoms with Crippen LogP contribution in [0.3, 0.4) is 0 Å². The zero-order valence-electron chi connectivity index (χ0n) is 18.6. The quantitative estimate of drug-likeness (QED) is 0.189. The van der Waals surface area contributed by atoms with Crippen molar-refractivity contribution in [3.63, 3.8) is 0 Å². The largest absolute Gasteiger partial charge is 0.496 e. The van der Waals surface area contributed by atoms with Gasteiger partial charge in [0, 0.05) is 16.8 Å². The van der Waals surface area contributed by atoms with Crippen LogP contribution >= 0.6 is 0 Å². The van der Waals surface area contributed by atoms with Crippen molar-refractivity contribution in [1.29, 1.82) is 0 Å². The Morgan fingerprint density at radius 1 is 1.00 bits per heavy atom. The van der Waals surface area contributed by atoms with E-state index in [0.717, 1.165) is 22.4 Å². The topological polar surface area (TPSA) is 109 Å².